The Kier molecular flexibility index (Phi) is 50.6. The number of rotatable bonds is 53. The van der Waals surface area contributed by atoms with Crippen molar-refractivity contribution in [2.24, 2.45) is 0 Å². The molecule has 9 heteroatoms. The van der Waals surface area contributed by atoms with Crippen molar-refractivity contribution in [3.63, 3.8) is 0 Å². The van der Waals surface area contributed by atoms with E-state index in [0.717, 1.165) is 89.9 Å². The Morgan fingerprint density at radius 1 is 0.437 bits per heavy atom. The van der Waals surface area contributed by atoms with E-state index in [1.54, 1.807) is 0 Å². The minimum Gasteiger partial charge on any atom is -0.545 e. The third-order valence-corrected chi connectivity index (χ3v) is 12.4. The van der Waals surface area contributed by atoms with Crippen molar-refractivity contribution in [2.45, 2.75) is 257 Å². The number of carbonyl (C=O) groups excluding carboxylic acids is 3. The Labute approximate surface area is 437 Å². The molecule has 0 aromatic carbocycles. The molecule has 0 aromatic heterocycles. The maximum atomic E-state index is 12.9. The number of nitrogens with zero attached hydrogens (tertiary/aromatic N) is 1. The van der Waals surface area contributed by atoms with E-state index in [2.05, 4.69) is 86.8 Å². The summed E-state index contributed by atoms with van der Waals surface area (Å²) in [5, 5.41) is 11.8. The quantitative estimate of drug-likeness (QED) is 0.0195. The summed E-state index contributed by atoms with van der Waals surface area (Å²) < 4.78 is 22.7. The molecular weight excluding hydrogens is 887 g/mol. The van der Waals surface area contributed by atoms with Gasteiger partial charge in [0.1, 0.15) is 13.2 Å². The van der Waals surface area contributed by atoms with Gasteiger partial charge in [0.2, 0.25) is 0 Å². The molecule has 0 bridgehead atoms. The molecule has 0 heterocycles. The van der Waals surface area contributed by atoms with Gasteiger partial charge in [-0.2, -0.15) is 0 Å². The highest BCUT2D eigenvalue weighted by molar-refractivity contribution is 5.70. The average Bonchev–Trinajstić information content (AvgIpc) is 3.34. The normalized spacial score (nSPS) is 13.3. The van der Waals surface area contributed by atoms with Crippen LogP contribution in [0.2, 0.25) is 0 Å². The molecule has 0 aliphatic heterocycles. The number of unbranched alkanes of at least 4 members (excludes halogenated alkanes) is 26. The number of carboxylic acid groups (broad SMARTS) is 1. The zero-order chi connectivity index (χ0) is 52.0. The molecule has 0 amide bonds. The smallest absolute Gasteiger partial charge is 0.306 e. The SMILES string of the molecule is CC/C=C\C/C=C\C/C=C\C/C=C\C/C=C\CCCCCCCCCCCCCCCCCC(=O)OC(COC(=O)CCCCCCC/C=C\CCCCCCCC)COC(OCC[N+](C)(C)C)C(=O)[O-]. The van der Waals surface area contributed by atoms with E-state index < -0.39 is 24.3 Å². The van der Waals surface area contributed by atoms with E-state index in [9.17, 15) is 19.5 Å². The first-order valence-electron chi connectivity index (χ1n) is 29.1. The van der Waals surface area contributed by atoms with Crippen molar-refractivity contribution >= 4 is 17.9 Å². The summed E-state index contributed by atoms with van der Waals surface area (Å²) in [5.74, 6) is -2.29. The third-order valence-electron chi connectivity index (χ3n) is 12.4. The minimum absolute atomic E-state index is 0.145. The van der Waals surface area contributed by atoms with E-state index in [0.29, 0.717) is 17.4 Å². The Morgan fingerprint density at radius 2 is 0.803 bits per heavy atom. The number of hydrogen-bond acceptors (Lipinski definition) is 8. The lowest BCUT2D eigenvalue weighted by molar-refractivity contribution is -0.870. The Balaban J connectivity index is 4.16. The molecule has 2 unspecified atom stereocenters. The number of carboxylic acids is 1. The molecule has 2 atom stereocenters. The number of carbonyl (C=O) groups is 3. The molecule has 410 valence electrons. The van der Waals surface area contributed by atoms with Crippen LogP contribution in [0, 0.1) is 0 Å². The highest BCUT2D eigenvalue weighted by atomic mass is 16.7. The zero-order valence-corrected chi connectivity index (χ0v) is 46.6. The lowest BCUT2D eigenvalue weighted by Gasteiger charge is -2.26. The van der Waals surface area contributed by atoms with E-state index in [4.69, 9.17) is 18.9 Å². The van der Waals surface area contributed by atoms with Gasteiger partial charge in [0.05, 0.1) is 40.3 Å². The molecule has 0 saturated heterocycles. The molecule has 0 aliphatic carbocycles. The van der Waals surface area contributed by atoms with E-state index in [-0.39, 0.29) is 38.6 Å². The minimum atomic E-state index is -1.62. The molecular formula is C62H109NO8. The van der Waals surface area contributed by atoms with Crippen LogP contribution in [0.3, 0.4) is 0 Å². The molecule has 0 saturated carbocycles. The van der Waals surface area contributed by atoms with Gasteiger partial charge in [-0.25, -0.2) is 0 Å². The number of aliphatic carboxylic acids is 1. The van der Waals surface area contributed by atoms with Crippen molar-refractivity contribution in [1.29, 1.82) is 0 Å². The first-order chi connectivity index (χ1) is 34.6. The first kappa shape index (κ1) is 67.7. The number of allylic oxidation sites excluding steroid dienone is 12. The van der Waals surface area contributed by atoms with Gasteiger partial charge >= 0.3 is 11.9 Å². The fourth-order valence-electron chi connectivity index (χ4n) is 7.97. The fourth-order valence-corrected chi connectivity index (χ4v) is 7.97. The van der Waals surface area contributed by atoms with Crippen LogP contribution in [0.4, 0.5) is 0 Å². The number of hydrogen-bond donors (Lipinski definition) is 0. The van der Waals surface area contributed by atoms with Gasteiger partial charge in [-0.15, -0.1) is 0 Å². The van der Waals surface area contributed by atoms with Crippen molar-refractivity contribution in [3.05, 3.63) is 72.9 Å². The predicted octanol–water partition coefficient (Wildman–Crippen LogP) is 15.7. The maximum absolute atomic E-state index is 12.9. The average molecular weight is 997 g/mol. The van der Waals surface area contributed by atoms with Gasteiger partial charge in [-0.05, 0) is 83.5 Å². The van der Waals surface area contributed by atoms with Gasteiger partial charge in [0.25, 0.3) is 0 Å². The van der Waals surface area contributed by atoms with Gasteiger partial charge in [-0.3, -0.25) is 9.59 Å². The fraction of sp³-hybridized carbons (Fsp3) is 0.758. The van der Waals surface area contributed by atoms with E-state index in [1.807, 2.05) is 21.1 Å². The predicted molar refractivity (Wildman–Crippen MR) is 297 cm³/mol. The molecule has 71 heavy (non-hydrogen) atoms. The Hall–Kier alpha value is -3.27. The summed E-state index contributed by atoms with van der Waals surface area (Å²) in [6, 6.07) is 0. The molecule has 0 radical (unpaired) electrons. The van der Waals surface area contributed by atoms with Crippen LogP contribution < -0.4 is 5.11 Å². The standard InChI is InChI=1S/C62H109NO8/c1-6-8-10-12-14-16-18-20-22-23-24-25-26-27-28-29-30-31-32-33-34-35-36-37-39-41-43-45-47-49-51-53-60(65)71-58(57-70-62(61(66)67)68-55-54-63(3,4)5)56-69-59(64)52-50-48-46-44-42-40-38-21-19-17-15-13-11-9-7-2/h8,10,14,16,20-22,24-25,27-28,38,58,62H,6-7,9,11-13,15,17-19,23,26,29-37,39-57H2,1-5H3/b10-8-,16-14-,22-20-,25-24-,28-27-,38-21-. The summed E-state index contributed by atoms with van der Waals surface area (Å²) in [7, 11) is 5.92. The molecule has 0 aliphatic rings. The maximum Gasteiger partial charge on any atom is 0.306 e. The summed E-state index contributed by atoms with van der Waals surface area (Å²) in [6.45, 7) is 4.63. The van der Waals surface area contributed by atoms with Crippen LogP contribution in [0.5, 0.6) is 0 Å². The van der Waals surface area contributed by atoms with Crippen LogP contribution in [0.1, 0.15) is 245 Å². The summed E-state index contributed by atoms with van der Waals surface area (Å²) in [5.41, 5.74) is 0. The molecule has 0 aromatic rings. The van der Waals surface area contributed by atoms with Gasteiger partial charge in [0, 0.05) is 12.8 Å². The monoisotopic (exact) mass is 996 g/mol. The van der Waals surface area contributed by atoms with Crippen molar-refractivity contribution in [1.82, 2.24) is 0 Å². The Morgan fingerprint density at radius 3 is 1.21 bits per heavy atom. The molecule has 0 N–H and O–H groups in total. The highest BCUT2D eigenvalue weighted by Crippen LogP contribution is 2.16. The lowest BCUT2D eigenvalue weighted by atomic mass is 10.0. The highest BCUT2D eigenvalue weighted by Gasteiger charge is 2.22. The molecule has 0 rings (SSSR count). The second kappa shape index (κ2) is 53.0. The molecule has 0 spiro atoms. The topological polar surface area (TPSA) is 111 Å². The van der Waals surface area contributed by atoms with Crippen LogP contribution in [-0.4, -0.2) is 82.3 Å². The van der Waals surface area contributed by atoms with Gasteiger partial charge in [-0.1, -0.05) is 222 Å². The molecule has 0 fully saturated rings. The Bertz CT molecular complexity index is 1390. The second-order valence-electron chi connectivity index (χ2n) is 20.5. The number of quaternary nitrogens is 1. The number of esters is 2. The van der Waals surface area contributed by atoms with Crippen LogP contribution >= 0.6 is 0 Å². The first-order valence-corrected chi connectivity index (χ1v) is 29.1. The van der Waals surface area contributed by atoms with Crippen LogP contribution in [0.15, 0.2) is 72.9 Å². The summed E-state index contributed by atoms with van der Waals surface area (Å²) in [6.07, 6.45) is 65.2. The number of likely N-dealkylation sites (N-methyl/N-ethyl adjacent to an activating group) is 1. The lowest BCUT2D eigenvalue weighted by Crippen LogP contribution is -2.44. The van der Waals surface area contributed by atoms with Gasteiger partial charge in [0.15, 0.2) is 12.4 Å². The van der Waals surface area contributed by atoms with E-state index in [1.165, 1.54) is 122 Å². The van der Waals surface area contributed by atoms with Gasteiger partial charge < -0.3 is 33.3 Å². The van der Waals surface area contributed by atoms with Crippen LogP contribution in [-0.2, 0) is 33.3 Å². The summed E-state index contributed by atoms with van der Waals surface area (Å²) >= 11 is 0. The van der Waals surface area contributed by atoms with Crippen LogP contribution in [0.25, 0.3) is 0 Å². The van der Waals surface area contributed by atoms with Crippen molar-refractivity contribution in [2.75, 3.05) is 47.5 Å². The third kappa shape index (κ3) is 54.3. The van der Waals surface area contributed by atoms with Crippen molar-refractivity contribution in [3.8, 4) is 0 Å². The zero-order valence-electron chi connectivity index (χ0n) is 46.6. The van der Waals surface area contributed by atoms with E-state index >= 15 is 0 Å². The summed E-state index contributed by atoms with van der Waals surface area (Å²) in [4.78, 5) is 37.2. The second-order valence-corrected chi connectivity index (χ2v) is 20.5. The number of ether oxygens (including phenoxy) is 4. The van der Waals surface area contributed by atoms with Crippen molar-refractivity contribution < 1.29 is 42.9 Å². The largest absolute Gasteiger partial charge is 0.545 e. The molecule has 9 nitrogen and oxygen atoms in total.